The molecule has 0 aromatic heterocycles. The summed E-state index contributed by atoms with van der Waals surface area (Å²) in [7, 11) is 4.48. The summed E-state index contributed by atoms with van der Waals surface area (Å²) in [5.41, 5.74) is 1.68. The maximum atomic E-state index is 12.5. The van der Waals surface area contributed by atoms with E-state index in [-0.39, 0.29) is 5.91 Å². The summed E-state index contributed by atoms with van der Waals surface area (Å²) in [6, 6.07) is 10.2. The van der Waals surface area contributed by atoms with Crippen LogP contribution in [0.3, 0.4) is 0 Å². The summed E-state index contributed by atoms with van der Waals surface area (Å²) < 4.78 is 15.7. The first-order valence-electron chi connectivity index (χ1n) is 7.39. The van der Waals surface area contributed by atoms with Gasteiger partial charge in [0.05, 0.1) is 27.4 Å². The van der Waals surface area contributed by atoms with E-state index in [0.29, 0.717) is 28.5 Å². The number of hydrogen-bond acceptors (Lipinski definition) is 5. The Morgan fingerprint density at radius 2 is 1.67 bits per heavy atom. The van der Waals surface area contributed by atoms with Gasteiger partial charge in [-0.25, -0.2) is 0 Å². The van der Waals surface area contributed by atoms with Crippen molar-refractivity contribution in [2.75, 3.05) is 26.6 Å². The molecular weight excluding hydrogens is 310 g/mol. The highest BCUT2D eigenvalue weighted by Crippen LogP contribution is 2.38. The lowest BCUT2D eigenvalue weighted by atomic mass is 10.1. The predicted octanol–water partition coefficient (Wildman–Crippen LogP) is 3.02. The molecule has 0 aliphatic rings. The highest BCUT2D eigenvalue weighted by Gasteiger charge is 2.17. The van der Waals surface area contributed by atoms with E-state index in [2.05, 4.69) is 5.32 Å². The lowest BCUT2D eigenvalue weighted by Crippen LogP contribution is -2.13. The quantitative estimate of drug-likeness (QED) is 0.851. The highest BCUT2D eigenvalue weighted by molar-refractivity contribution is 6.05. The molecule has 2 aromatic rings. The Hall–Kier alpha value is -2.73. The molecule has 128 valence electrons. The van der Waals surface area contributed by atoms with Crippen molar-refractivity contribution < 1.29 is 24.1 Å². The fraction of sp³-hybridized carbons (Fsp3) is 0.278. The Bertz CT molecular complexity index is 702. The molecule has 0 unspecified atom stereocenters. The second kappa shape index (κ2) is 7.70. The van der Waals surface area contributed by atoms with Gasteiger partial charge in [-0.1, -0.05) is 12.1 Å². The zero-order chi connectivity index (χ0) is 17.7. The van der Waals surface area contributed by atoms with Gasteiger partial charge in [-0.15, -0.1) is 0 Å². The fourth-order valence-corrected chi connectivity index (χ4v) is 2.29. The average molecular weight is 331 g/mol. The molecule has 24 heavy (non-hydrogen) atoms. The van der Waals surface area contributed by atoms with Crippen molar-refractivity contribution in [1.82, 2.24) is 0 Å². The van der Waals surface area contributed by atoms with E-state index in [9.17, 15) is 9.90 Å². The monoisotopic (exact) mass is 331 g/mol. The highest BCUT2D eigenvalue weighted by atomic mass is 16.5. The molecule has 6 nitrogen and oxygen atoms in total. The number of methoxy groups -OCH3 is 3. The van der Waals surface area contributed by atoms with E-state index in [1.165, 1.54) is 21.3 Å². The number of amides is 1. The van der Waals surface area contributed by atoms with E-state index >= 15 is 0 Å². The molecule has 0 aliphatic carbocycles. The third kappa shape index (κ3) is 3.78. The molecule has 1 atom stereocenters. The first-order chi connectivity index (χ1) is 11.5. The van der Waals surface area contributed by atoms with E-state index in [0.717, 1.165) is 5.56 Å². The molecule has 6 heteroatoms. The number of anilines is 1. The summed E-state index contributed by atoms with van der Waals surface area (Å²) in [6.07, 6.45) is -0.608. The summed E-state index contributed by atoms with van der Waals surface area (Å²) in [4.78, 5) is 12.5. The molecular formula is C18H21NO5. The van der Waals surface area contributed by atoms with Crippen LogP contribution >= 0.6 is 0 Å². The Balaban J connectivity index is 2.31. The second-order valence-corrected chi connectivity index (χ2v) is 5.17. The molecule has 2 rings (SSSR count). The Kier molecular flexibility index (Phi) is 5.65. The molecule has 0 radical (unpaired) electrons. The van der Waals surface area contributed by atoms with E-state index in [1.54, 1.807) is 43.3 Å². The topological polar surface area (TPSA) is 77.0 Å². The minimum atomic E-state index is -0.608. The van der Waals surface area contributed by atoms with Gasteiger partial charge in [-0.3, -0.25) is 4.79 Å². The maximum Gasteiger partial charge on any atom is 0.255 e. The van der Waals surface area contributed by atoms with Gasteiger partial charge in [-0.2, -0.15) is 0 Å². The van der Waals surface area contributed by atoms with Crippen LogP contribution in [0.1, 0.15) is 28.9 Å². The van der Waals surface area contributed by atoms with Crippen LogP contribution in [0.4, 0.5) is 5.69 Å². The number of ether oxygens (including phenoxy) is 3. The van der Waals surface area contributed by atoms with Gasteiger partial charge >= 0.3 is 0 Å². The molecule has 0 bridgehead atoms. The SMILES string of the molecule is COc1cc(C(=O)Nc2cccc([C@@H](C)O)c2)cc(OC)c1OC. The van der Waals surface area contributed by atoms with Gasteiger partial charge in [0.2, 0.25) is 5.75 Å². The number of rotatable bonds is 6. The summed E-state index contributed by atoms with van der Waals surface area (Å²) in [6.45, 7) is 1.67. The van der Waals surface area contributed by atoms with Crippen molar-refractivity contribution in [2.45, 2.75) is 13.0 Å². The van der Waals surface area contributed by atoms with Crippen molar-refractivity contribution in [3.8, 4) is 17.2 Å². The van der Waals surface area contributed by atoms with E-state index in [4.69, 9.17) is 14.2 Å². The van der Waals surface area contributed by atoms with Gasteiger partial charge in [0, 0.05) is 11.3 Å². The standard InChI is InChI=1S/C18H21NO5/c1-11(20)12-6-5-7-14(8-12)19-18(21)13-9-15(22-2)17(24-4)16(10-13)23-3/h5-11,20H,1-4H3,(H,19,21)/t11-/m1/s1. The molecule has 0 fully saturated rings. The van der Waals surface area contributed by atoms with Crippen molar-refractivity contribution in [1.29, 1.82) is 0 Å². The number of hydrogen-bond donors (Lipinski definition) is 2. The largest absolute Gasteiger partial charge is 0.493 e. The van der Waals surface area contributed by atoms with Crippen LogP contribution in [0.5, 0.6) is 17.2 Å². The lowest BCUT2D eigenvalue weighted by molar-refractivity contribution is 0.102. The van der Waals surface area contributed by atoms with Crippen molar-refractivity contribution in [3.63, 3.8) is 0 Å². The molecule has 1 amide bonds. The minimum absolute atomic E-state index is 0.322. The Morgan fingerprint density at radius 3 is 2.17 bits per heavy atom. The molecule has 2 N–H and O–H groups in total. The molecule has 0 spiro atoms. The van der Waals surface area contributed by atoms with Crippen LogP contribution in [0.15, 0.2) is 36.4 Å². The lowest BCUT2D eigenvalue weighted by Gasteiger charge is -2.14. The van der Waals surface area contributed by atoms with Crippen LogP contribution < -0.4 is 19.5 Å². The van der Waals surface area contributed by atoms with E-state index < -0.39 is 6.10 Å². The third-order valence-corrected chi connectivity index (χ3v) is 3.55. The number of nitrogens with one attached hydrogen (secondary N) is 1. The first-order valence-corrected chi connectivity index (χ1v) is 7.39. The number of aliphatic hydroxyl groups excluding tert-OH is 1. The number of carbonyl (C=O) groups excluding carboxylic acids is 1. The number of aliphatic hydroxyl groups is 1. The number of carbonyl (C=O) groups is 1. The summed E-state index contributed by atoms with van der Waals surface area (Å²) in [5.74, 6) is 0.907. The van der Waals surface area contributed by atoms with Gasteiger partial charge in [0.15, 0.2) is 11.5 Å². The molecule has 0 heterocycles. The number of benzene rings is 2. The Labute approximate surface area is 141 Å². The van der Waals surface area contributed by atoms with Crippen molar-refractivity contribution in [2.24, 2.45) is 0 Å². The Morgan fingerprint density at radius 1 is 1.04 bits per heavy atom. The predicted molar refractivity (Wildman–Crippen MR) is 91.1 cm³/mol. The molecule has 2 aromatic carbocycles. The fourth-order valence-electron chi connectivity index (χ4n) is 2.29. The van der Waals surface area contributed by atoms with Crippen LogP contribution in [-0.4, -0.2) is 32.3 Å². The summed E-state index contributed by atoms with van der Waals surface area (Å²) >= 11 is 0. The summed E-state index contributed by atoms with van der Waals surface area (Å²) in [5, 5.41) is 12.4. The molecule has 0 saturated heterocycles. The van der Waals surface area contributed by atoms with Crippen LogP contribution in [0.2, 0.25) is 0 Å². The second-order valence-electron chi connectivity index (χ2n) is 5.17. The molecule has 0 saturated carbocycles. The third-order valence-electron chi connectivity index (χ3n) is 3.55. The maximum absolute atomic E-state index is 12.5. The first kappa shape index (κ1) is 17.6. The van der Waals surface area contributed by atoms with Crippen molar-refractivity contribution >= 4 is 11.6 Å². The van der Waals surface area contributed by atoms with Crippen molar-refractivity contribution in [3.05, 3.63) is 47.5 Å². The normalized spacial score (nSPS) is 11.5. The van der Waals surface area contributed by atoms with E-state index in [1.807, 2.05) is 0 Å². The van der Waals surface area contributed by atoms with Gasteiger partial charge in [-0.05, 0) is 36.8 Å². The molecule has 0 aliphatic heterocycles. The zero-order valence-corrected chi connectivity index (χ0v) is 14.1. The zero-order valence-electron chi connectivity index (χ0n) is 14.1. The van der Waals surface area contributed by atoms with Crippen LogP contribution in [0, 0.1) is 0 Å². The van der Waals surface area contributed by atoms with Gasteiger partial charge < -0.3 is 24.6 Å². The average Bonchev–Trinajstić information content (AvgIpc) is 2.60. The minimum Gasteiger partial charge on any atom is -0.493 e. The van der Waals surface area contributed by atoms with Gasteiger partial charge in [0.25, 0.3) is 5.91 Å². The van der Waals surface area contributed by atoms with Gasteiger partial charge in [0.1, 0.15) is 0 Å². The van der Waals surface area contributed by atoms with Crippen LogP contribution in [0.25, 0.3) is 0 Å². The van der Waals surface area contributed by atoms with Crippen LogP contribution in [-0.2, 0) is 0 Å². The smallest absolute Gasteiger partial charge is 0.255 e.